The quantitative estimate of drug-likeness (QED) is 0.622. The average molecular weight is 364 g/mol. The maximum absolute atomic E-state index is 5.92. The second-order valence-corrected chi connectivity index (χ2v) is 7.49. The number of hydrogen-bond acceptors (Lipinski definition) is 4. The van der Waals surface area contributed by atoms with Gasteiger partial charge in [-0.1, -0.05) is 6.92 Å². The standard InChI is InChI=1S/C20H33N3O3/c1-4-16(2)22-19(21-10-9-18-8-6-12-24-18)23-11-5-7-17(15-23)20(3)25-13-14-26-20/h6,8,12,16-17H,4-5,7,9-11,13-15H2,1-3H3,(H,21,22). The molecule has 2 unspecified atom stereocenters. The van der Waals surface area contributed by atoms with Crippen LogP contribution in [0.4, 0.5) is 0 Å². The van der Waals surface area contributed by atoms with Crippen LogP contribution in [0, 0.1) is 5.92 Å². The Morgan fingerprint density at radius 2 is 2.23 bits per heavy atom. The van der Waals surface area contributed by atoms with Crippen LogP contribution < -0.4 is 5.32 Å². The minimum atomic E-state index is -0.450. The molecule has 26 heavy (non-hydrogen) atoms. The van der Waals surface area contributed by atoms with Gasteiger partial charge in [0.25, 0.3) is 0 Å². The molecule has 0 aliphatic carbocycles. The fraction of sp³-hybridized carbons (Fsp3) is 0.750. The predicted octanol–water partition coefficient (Wildman–Crippen LogP) is 3.04. The average Bonchev–Trinajstić information content (AvgIpc) is 3.33. The van der Waals surface area contributed by atoms with E-state index in [0.717, 1.165) is 57.0 Å². The van der Waals surface area contributed by atoms with Crippen molar-refractivity contribution in [2.45, 2.75) is 58.3 Å². The van der Waals surface area contributed by atoms with Crippen LogP contribution in [-0.4, -0.2) is 55.5 Å². The fourth-order valence-electron chi connectivity index (χ4n) is 3.65. The van der Waals surface area contributed by atoms with E-state index in [4.69, 9.17) is 18.9 Å². The van der Waals surface area contributed by atoms with Crippen LogP contribution in [0.2, 0.25) is 0 Å². The highest BCUT2D eigenvalue weighted by Crippen LogP contribution is 2.34. The summed E-state index contributed by atoms with van der Waals surface area (Å²) < 4.78 is 17.3. The normalized spacial score (nSPS) is 24.7. The minimum absolute atomic E-state index is 0.368. The molecule has 1 aromatic heterocycles. The highest BCUT2D eigenvalue weighted by Gasteiger charge is 2.42. The molecule has 2 fully saturated rings. The summed E-state index contributed by atoms with van der Waals surface area (Å²) >= 11 is 0. The zero-order valence-electron chi connectivity index (χ0n) is 16.4. The first-order chi connectivity index (χ1) is 12.6. The Balaban J connectivity index is 1.66. The van der Waals surface area contributed by atoms with Crippen molar-refractivity contribution in [1.29, 1.82) is 0 Å². The van der Waals surface area contributed by atoms with Crippen LogP contribution in [0.5, 0.6) is 0 Å². The Hall–Kier alpha value is -1.53. The molecule has 0 bridgehead atoms. The van der Waals surface area contributed by atoms with Gasteiger partial charge in [0.05, 0.1) is 19.5 Å². The Bertz CT molecular complexity index is 567. The maximum atomic E-state index is 5.92. The second-order valence-electron chi connectivity index (χ2n) is 7.49. The number of furan rings is 1. The van der Waals surface area contributed by atoms with Crippen LogP contribution >= 0.6 is 0 Å². The van der Waals surface area contributed by atoms with Crippen molar-refractivity contribution in [2.24, 2.45) is 10.9 Å². The Labute approximate surface area is 156 Å². The number of ether oxygens (including phenoxy) is 2. The number of nitrogens with one attached hydrogen (secondary N) is 1. The van der Waals surface area contributed by atoms with E-state index in [1.165, 1.54) is 0 Å². The molecule has 0 radical (unpaired) electrons. The summed E-state index contributed by atoms with van der Waals surface area (Å²) in [5.74, 6) is 1.90. The molecule has 3 heterocycles. The Kier molecular flexibility index (Phi) is 6.59. The molecule has 2 saturated heterocycles. The lowest BCUT2D eigenvalue weighted by atomic mass is 9.90. The van der Waals surface area contributed by atoms with E-state index in [2.05, 4.69) is 31.0 Å². The number of nitrogens with zero attached hydrogens (tertiary/aromatic N) is 2. The monoisotopic (exact) mass is 363 g/mol. The van der Waals surface area contributed by atoms with Crippen LogP contribution in [0.25, 0.3) is 0 Å². The molecule has 1 N–H and O–H groups in total. The van der Waals surface area contributed by atoms with Crippen molar-refractivity contribution in [1.82, 2.24) is 10.2 Å². The zero-order chi connectivity index (χ0) is 18.4. The summed E-state index contributed by atoms with van der Waals surface area (Å²) in [4.78, 5) is 7.26. The number of piperidine rings is 1. The van der Waals surface area contributed by atoms with Gasteiger partial charge < -0.3 is 24.1 Å². The summed E-state index contributed by atoms with van der Waals surface area (Å²) in [6.45, 7) is 10.5. The predicted molar refractivity (Wildman–Crippen MR) is 102 cm³/mol. The van der Waals surface area contributed by atoms with Gasteiger partial charge in [0, 0.05) is 38.0 Å². The van der Waals surface area contributed by atoms with Gasteiger partial charge in [-0.15, -0.1) is 0 Å². The second kappa shape index (κ2) is 8.91. The minimum Gasteiger partial charge on any atom is -0.469 e. The number of likely N-dealkylation sites (tertiary alicyclic amines) is 1. The lowest BCUT2D eigenvalue weighted by Crippen LogP contribution is -2.53. The third-order valence-corrected chi connectivity index (χ3v) is 5.51. The SMILES string of the molecule is CCC(C)NC(=NCCc1ccco1)N1CCCC(C2(C)OCCO2)C1. The molecule has 2 aliphatic rings. The van der Waals surface area contributed by atoms with E-state index in [0.29, 0.717) is 25.2 Å². The van der Waals surface area contributed by atoms with Crippen LogP contribution in [-0.2, 0) is 15.9 Å². The molecule has 0 aromatic carbocycles. The lowest BCUT2D eigenvalue weighted by Gasteiger charge is -2.41. The molecule has 0 spiro atoms. The number of rotatable bonds is 6. The molecule has 6 nitrogen and oxygen atoms in total. The molecular formula is C20H33N3O3. The van der Waals surface area contributed by atoms with E-state index in [1.807, 2.05) is 12.1 Å². The molecule has 1 aromatic rings. The summed E-state index contributed by atoms with van der Waals surface area (Å²) in [6, 6.07) is 4.32. The first-order valence-electron chi connectivity index (χ1n) is 9.97. The molecule has 3 rings (SSSR count). The first-order valence-corrected chi connectivity index (χ1v) is 9.97. The molecule has 0 saturated carbocycles. The van der Waals surface area contributed by atoms with E-state index in [9.17, 15) is 0 Å². The van der Waals surface area contributed by atoms with Crippen molar-refractivity contribution in [3.05, 3.63) is 24.2 Å². The maximum Gasteiger partial charge on any atom is 0.194 e. The van der Waals surface area contributed by atoms with Gasteiger partial charge in [-0.05, 0) is 45.2 Å². The summed E-state index contributed by atoms with van der Waals surface area (Å²) in [5, 5.41) is 3.60. The van der Waals surface area contributed by atoms with Gasteiger partial charge in [0.1, 0.15) is 5.76 Å². The highest BCUT2D eigenvalue weighted by atomic mass is 16.7. The van der Waals surface area contributed by atoms with Crippen molar-refractivity contribution in [3.8, 4) is 0 Å². The van der Waals surface area contributed by atoms with E-state index >= 15 is 0 Å². The fourth-order valence-corrected chi connectivity index (χ4v) is 3.65. The van der Waals surface area contributed by atoms with Crippen molar-refractivity contribution in [3.63, 3.8) is 0 Å². The van der Waals surface area contributed by atoms with Crippen molar-refractivity contribution in [2.75, 3.05) is 32.8 Å². The molecule has 6 heteroatoms. The highest BCUT2D eigenvalue weighted by molar-refractivity contribution is 5.80. The number of hydrogen-bond donors (Lipinski definition) is 1. The Morgan fingerprint density at radius 3 is 2.92 bits per heavy atom. The van der Waals surface area contributed by atoms with Crippen LogP contribution in [0.3, 0.4) is 0 Å². The van der Waals surface area contributed by atoms with E-state index < -0.39 is 5.79 Å². The largest absolute Gasteiger partial charge is 0.469 e. The van der Waals surface area contributed by atoms with Crippen LogP contribution in [0.15, 0.2) is 27.8 Å². The van der Waals surface area contributed by atoms with Crippen molar-refractivity contribution < 1.29 is 13.9 Å². The van der Waals surface area contributed by atoms with E-state index in [-0.39, 0.29) is 0 Å². The Morgan fingerprint density at radius 1 is 1.42 bits per heavy atom. The van der Waals surface area contributed by atoms with Crippen LogP contribution in [0.1, 0.15) is 45.8 Å². The molecule has 146 valence electrons. The van der Waals surface area contributed by atoms with Gasteiger partial charge in [-0.25, -0.2) is 0 Å². The topological polar surface area (TPSA) is 59.2 Å². The van der Waals surface area contributed by atoms with Gasteiger partial charge in [0.2, 0.25) is 0 Å². The number of guanidine groups is 1. The number of aliphatic imine (C=N–C) groups is 1. The molecule has 2 atom stereocenters. The first kappa shape index (κ1) is 19.2. The van der Waals surface area contributed by atoms with Gasteiger partial charge >= 0.3 is 0 Å². The lowest BCUT2D eigenvalue weighted by molar-refractivity contribution is -0.189. The van der Waals surface area contributed by atoms with Crippen molar-refractivity contribution >= 4 is 5.96 Å². The van der Waals surface area contributed by atoms with Gasteiger partial charge in [0.15, 0.2) is 11.7 Å². The summed E-state index contributed by atoms with van der Waals surface area (Å²) in [5.41, 5.74) is 0. The molecular weight excluding hydrogens is 330 g/mol. The zero-order valence-corrected chi connectivity index (χ0v) is 16.4. The smallest absolute Gasteiger partial charge is 0.194 e. The third kappa shape index (κ3) is 4.80. The third-order valence-electron chi connectivity index (χ3n) is 5.51. The summed E-state index contributed by atoms with van der Waals surface area (Å²) in [7, 11) is 0. The summed E-state index contributed by atoms with van der Waals surface area (Å²) in [6.07, 6.45) is 5.87. The molecule has 2 aliphatic heterocycles. The molecule has 0 amide bonds. The van der Waals surface area contributed by atoms with Gasteiger partial charge in [-0.3, -0.25) is 4.99 Å². The van der Waals surface area contributed by atoms with Gasteiger partial charge in [-0.2, -0.15) is 0 Å². The van der Waals surface area contributed by atoms with E-state index in [1.54, 1.807) is 6.26 Å².